The number of fused-ring (bicyclic) bond motifs is 1. The Kier molecular flexibility index (Phi) is 7.98. The molecule has 5 nitrogen and oxygen atoms in total. The van der Waals surface area contributed by atoms with Gasteiger partial charge in [0.1, 0.15) is 29.6 Å². The summed E-state index contributed by atoms with van der Waals surface area (Å²) in [6, 6.07) is 6.36. The summed E-state index contributed by atoms with van der Waals surface area (Å²) in [5.74, 6) is -0.534. The molecule has 0 unspecified atom stereocenters. The van der Waals surface area contributed by atoms with E-state index in [0.717, 1.165) is 36.6 Å². The van der Waals surface area contributed by atoms with Crippen LogP contribution in [0.4, 0.5) is 18.0 Å². The van der Waals surface area contributed by atoms with Gasteiger partial charge in [0.25, 0.3) is 0 Å². The Morgan fingerprint density at radius 2 is 2.03 bits per heavy atom. The quantitative estimate of drug-likeness (QED) is 0.440. The number of aromatic nitrogens is 2. The minimum atomic E-state index is -0.976. The topological polar surface area (TPSA) is 58.2 Å². The first kappa shape index (κ1) is 25.1. The van der Waals surface area contributed by atoms with Gasteiger partial charge >= 0.3 is 6.09 Å². The number of rotatable bonds is 4. The molecule has 1 N–H and O–H groups in total. The number of hydrogen-bond acceptors (Lipinski definition) is 3. The van der Waals surface area contributed by atoms with Crippen LogP contribution in [0.1, 0.15) is 51.5 Å². The minimum absolute atomic E-state index is 0.0975. The van der Waals surface area contributed by atoms with Crippen molar-refractivity contribution in [1.82, 2.24) is 14.9 Å². The first-order chi connectivity index (χ1) is 17.0. The molecule has 1 saturated heterocycles. The molecular weight excluding hydrogens is 455 g/mol. The number of H-pyrrole nitrogens is 1. The Morgan fingerprint density at radius 1 is 1.20 bits per heavy atom. The molecule has 3 aromatic rings. The first-order valence-electron chi connectivity index (χ1n) is 12.5. The van der Waals surface area contributed by atoms with E-state index in [2.05, 4.69) is 9.97 Å². The van der Waals surface area contributed by atoms with Crippen LogP contribution < -0.4 is 0 Å². The van der Waals surface area contributed by atoms with E-state index in [1.807, 2.05) is 19.9 Å². The van der Waals surface area contributed by atoms with Crippen LogP contribution in [0.2, 0.25) is 0 Å². The molecule has 3 heterocycles. The van der Waals surface area contributed by atoms with E-state index in [-0.39, 0.29) is 24.4 Å². The molecule has 188 valence electrons. The van der Waals surface area contributed by atoms with Gasteiger partial charge in [0.15, 0.2) is 0 Å². The van der Waals surface area contributed by atoms with E-state index in [4.69, 9.17) is 4.74 Å². The lowest BCUT2D eigenvalue weighted by atomic mass is 9.82. The highest BCUT2D eigenvalue weighted by Gasteiger charge is 2.31. The number of carbonyl (C=O) groups is 1. The van der Waals surface area contributed by atoms with E-state index in [9.17, 15) is 18.0 Å². The number of nitrogens with one attached hydrogen (secondary N) is 1. The van der Waals surface area contributed by atoms with Gasteiger partial charge in [-0.25, -0.2) is 22.9 Å². The molecule has 0 bridgehead atoms. The number of likely N-dealkylation sites (tertiary alicyclic amines) is 1. The first-order valence-corrected chi connectivity index (χ1v) is 12.5. The van der Waals surface area contributed by atoms with Crippen molar-refractivity contribution in [3.05, 3.63) is 53.9 Å². The molecule has 2 fully saturated rings. The highest BCUT2D eigenvalue weighted by Crippen LogP contribution is 2.33. The molecule has 2 aromatic heterocycles. The summed E-state index contributed by atoms with van der Waals surface area (Å²) in [7, 11) is 0. The highest BCUT2D eigenvalue weighted by atomic mass is 19.1. The largest absolute Gasteiger partial charge is 0.446 e. The third-order valence-corrected chi connectivity index (χ3v) is 6.75. The smallest absolute Gasteiger partial charge is 0.410 e. The average Bonchev–Trinajstić information content (AvgIpc) is 3.48. The van der Waals surface area contributed by atoms with Crippen LogP contribution in [-0.2, 0) is 11.2 Å². The zero-order valence-corrected chi connectivity index (χ0v) is 20.2. The Labute approximate surface area is 203 Å². The second kappa shape index (κ2) is 11.1. The number of halogens is 3. The van der Waals surface area contributed by atoms with Crippen LogP contribution in [-0.4, -0.2) is 46.3 Å². The molecule has 1 saturated carbocycles. The van der Waals surface area contributed by atoms with E-state index in [1.165, 1.54) is 17.0 Å². The van der Waals surface area contributed by atoms with E-state index in [1.54, 1.807) is 12.3 Å². The Morgan fingerprint density at radius 3 is 2.80 bits per heavy atom. The molecule has 2 aliphatic rings. The number of amides is 1. The monoisotopic (exact) mass is 487 g/mol. The van der Waals surface area contributed by atoms with Crippen molar-refractivity contribution in [3.63, 3.8) is 0 Å². The third-order valence-electron chi connectivity index (χ3n) is 6.75. The SMILES string of the molecule is CC.O=C(O[C@@H]1CCC[C@H](Cc2cc(-c3c[nH]c4ncc(F)cc34)ccc2F)C1)N1CC[C@@H](F)C1. The predicted octanol–water partition coefficient (Wildman–Crippen LogP) is 6.82. The fourth-order valence-corrected chi connectivity index (χ4v) is 5.06. The molecule has 1 amide bonds. The van der Waals surface area contributed by atoms with Crippen LogP contribution >= 0.6 is 0 Å². The maximum absolute atomic E-state index is 14.7. The number of hydrogen-bond donors (Lipinski definition) is 1. The van der Waals surface area contributed by atoms with Gasteiger partial charge in [-0.15, -0.1) is 0 Å². The summed E-state index contributed by atoms with van der Waals surface area (Å²) in [6.07, 6.45) is 5.38. The van der Waals surface area contributed by atoms with Crippen LogP contribution in [0, 0.1) is 17.6 Å². The molecule has 8 heteroatoms. The predicted molar refractivity (Wildman–Crippen MR) is 130 cm³/mol. The van der Waals surface area contributed by atoms with Gasteiger partial charge in [-0.2, -0.15) is 0 Å². The van der Waals surface area contributed by atoms with Gasteiger partial charge in [-0.05, 0) is 73.8 Å². The van der Waals surface area contributed by atoms with E-state index in [0.29, 0.717) is 42.4 Å². The lowest BCUT2D eigenvalue weighted by molar-refractivity contribution is 0.0372. The summed E-state index contributed by atoms with van der Waals surface area (Å²) < 4.78 is 47.4. The number of carbonyl (C=O) groups excluding carboxylic acids is 1. The minimum Gasteiger partial charge on any atom is -0.446 e. The fourth-order valence-electron chi connectivity index (χ4n) is 5.06. The lowest BCUT2D eigenvalue weighted by Crippen LogP contribution is -2.35. The standard InChI is InChI=1S/C25H26F3N3O2.C2H6/c26-18-6-7-31(14-18)25(32)33-20-3-1-2-15(9-20)8-17-10-16(4-5-23(17)28)22-13-30-24-21(22)11-19(27)12-29-24;1-2/h4-5,10-13,15,18,20H,1-3,6-9,14H2,(H,29,30);1-2H3/t15-,18-,20-;/m1./s1. The Balaban J connectivity index is 0.00000141. The molecular formula is C27H32F3N3O2. The van der Waals surface area contributed by atoms with Crippen molar-refractivity contribution in [3.8, 4) is 11.1 Å². The van der Waals surface area contributed by atoms with Gasteiger partial charge < -0.3 is 14.6 Å². The maximum atomic E-state index is 14.7. The highest BCUT2D eigenvalue weighted by molar-refractivity contribution is 5.93. The van der Waals surface area contributed by atoms with Gasteiger partial charge in [0, 0.05) is 23.7 Å². The average molecular weight is 488 g/mol. The lowest BCUT2D eigenvalue weighted by Gasteiger charge is -2.30. The molecule has 5 rings (SSSR count). The second-order valence-corrected chi connectivity index (χ2v) is 9.13. The van der Waals surface area contributed by atoms with Crippen molar-refractivity contribution in [2.75, 3.05) is 13.1 Å². The second-order valence-electron chi connectivity index (χ2n) is 9.13. The number of pyridine rings is 1. The van der Waals surface area contributed by atoms with E-state index < -0.39 is 18.1 Å². The number of alkyl halides is 1. The van der Waals surface area contributed by atoms with Gasteiger partial charge in [0.05, 0.1) is 12.7 Å². The van der Waals surface area contributed by atoms with Crippen molar-refractivity contribution >= 4 is 17.1 Å². The number of aromatic amines is 1. The van der Waals surface area contributed by atoms with Crippen LogP contribution in [0.15, 0.2) is 36.7 Å². The van der Waals surface area contributed by atoms with Crippen molar-refractivity contribution in [2.24, 2.45) is 5.92 Å². The van der Waals surface area contributed by atoms with Crippen LogP contribution in [0.5, 0.6) is 0 Å². The van der Waals surface area contributed by atoms with Gasteiger partial charge in [0.2, 0.25) is 0 Å². The van der Waals surface area contributed by atoms with Crippen molar-refractivity contribution in [2.45, 2.75) is 64.6 Å². The molecule has 0 radical (unpaired) electrons. The van der Waals surface area contributed by atoms with Crippen molar-refractivity contribution in [1.29, 1.82) is 0 Å². The number of nitrogens with zero attached hydrogens (tertiary/aromatic N) is 2. The van der Waals surface area contributed by atoms with E-state index >= 15 is 0 Å². The summed E-state index contributed by atoms with van der Waals surface area (Å²) in [4.78, 5) is 20.8. The Hall–Kier alpha value is -3.03. The zero-order valence-electron chi connectivity index (χ0n) is 20.2. The Bertz CT molecular complexity index is 1170. The number of benzene rings is 1. The fraction of sp³-hybridized carbons (Fsp3) is 0.481. The number of ether oxygens (including phenoxy) is 1. The molecule has 1 aliphatic carbocycles. The third kappa shape index (κ3) is 5.80. The normalized spacial score (nSPS) is 22.1. The molecule has 35 heavy (non-hydrogen) atoms. The molecule has 1 aromatic carbocycles. The van der Waals surface area contributed by atoms with Crippen LogP contribution in [0.25, 0.3) is 22.2 Å². The van der Waals surface area contributed by atoms with Crippen LogP contribution in [0.3, 0.4) is 0 Å². The van der Waals surface area contributed by atoms with Gasteiger partial charge in [-0.1, -0.05) is 19.9 Å². The molecule has 0 spiro atoms. The molecule has 1 aliphatic heterocycles. The summed E-state index contributed by atoms with van der Waals surface area (Å²) in [5.41, 5.74) is 2.72. The molecule has 3 atom stereocenters. The van der Waals surface area contributed by atoms with Crippen molar-refractivity contribution < 1.29 is 22.7 Å². The zero-order chi connectivity index (χ0) is 24.9. The summed E-state index contributed by atoms with van der Waals surface area (Å²) >= 11 is 0. The summed E-state index contributed by atoms with van der Waals surface area (Å²) in [5, 5.41) is 0.648. The summed E-state index contributed by atoms with van der Waals surface area (Å²) in [6.45, 7) is 4.49. The maximum Gasteiger partial charge on any atom is 0.410 e. The van der Waals surface area contributed by atoms with Gasteiger partial charge in [-0.3, -0.25) is 0 Å².